The zero-order chi connectivity index (χ0) is 17.2. The molecule has 0 aliphatic rings. The molecule has 1 aromatic carbocycles. The van der Waals surface area contributed by atoms with Crippen molar-refractivity contribution in [2.24, 2.45) is 5.92 Å². The summed E-state index contributed by atoms with van der Waals surface area (Å²) in [6, 6.07) is 7.20. The van der Waals surface area contributed by atoms with Gasteiger partial charge in [-0.3, -0.25) is 9.59 Å². The predicted octanol–water partition coefficient (Wildman–Crippen LogP) is 2.15. The number of methoxy groups -OCH3 is 1. The number of para-hydroxylation sites is 2. The predicted molar refractivity (Wildman–Crippen MR) is 98.8 cm³/mol. The Balaban J connectivity index is 0.00000529. The number of halogens is 1. The van der Waals surface area contributed by atoms with Crippen LogP contribution in [0.4, 0.5) is 5.69 Å². The Labute approximate surface area is 150 Å². The fourth-order valence-electron chi connectivity index (χ4n) is 2.35. The van der Waals surface area contributed by atoms with Gasteiger partial charge in [-0.1, -0.05) is 26.0 Å². The van der Waals surface area contributed by atoms with Crippen LogP contribution in [0.2, 0.25) is 0 Å². The molecule has 0 bridgehead atoms. The summed E-state index contributed by atoms with van der Waals surface area (Å²) in [4.78, 5) is 26.3. The molecule has 1 aromatic rings. The quantitative estimate of drug-likeness (QED) is 0.710. The fourth-order valence-corrected chi connectivity index (χ4v) is 2.35. The van der Waals surface area contributed by atoms with Crippen molar-refractivity contribution >= 4 is 29.9 Å². The van der Waals surface area contributed by atoms with E-state index >= 15 is 0 Å². The van der Waals surface area contributed by atoms with E-state index in [1.165, 1.54) is 0 Å². The molecule has 6 nitrogen and oxygen atoms in total. The maximum absolute atomic E-state index is 12.4. The molecular weight excluding hydrogens is 330 g/mol. The van der Waals surface area contributed by atoms with Gasteiger partial charge in [-0.05, 0) is 25.6 Å². The number of carbonyl (C=O) groups excluding carboxylic acids is 2. The smallest absolute Gasteiger partial charge is 0.244 e. The van der Waals surface area contributed by atoms with Crippen molar-refractivity contribution in [1.82, 2.24) is 10.2 Å². The second kappa shape index (κ2) is 11.7. The average molecular weight is 358 g/mol. The lowest BCUT2D eigenvalue weighted by Crippen LogP contribution is -2.43. The third-order valence-corrected chi connectivity index (χ3v) is 3.45. The summed E-state index contributed by atoms with van der Waals surface area (Å²) in [5, 5.41) is 5.79. The van der Waals surface area contributed by atoms with Crippen LogP contribution in [0, 0.1) is 5.92 Å². The van der Waals surface area contributed by atoms with Gasteiger partial charge >= 0.3 is 0 Å². The van der Waals surface area contributed by atoms with E-state index in [4.69, 9.17) is 4.74 Å². The third-order valence-electron chi connectivity index (χ3n) is 3.45. The molecule has 0 aliphatic heterocycles. The van der Waals surface area contributed by atoms with Crippen molar-refractivity contribution in [2.45, 2.75) is 20.3 Å². The molecule has 0 fully saturated rings. The van der Waals surface area contributed by atoms with Crippen LogP contribution in [0.5, 0.6) is 5.75 Å². The van der Waals surface area contributed by atoms with Gasteiger partial charge in [-0.2, -0.15) is 0 Å². The number of hydrogen-bond acceptors (Lipinski definition) is 4. The number of ether oxygens (including phenoxy) is 1. The molecule has 1 atom stereocenters. The molecule has 0 spiro atoms. The number of carbonyl (C=O) groups is 2. The normalized spacial score (nSPS) is 11.2. The lowest BCUT2D eigenvalue weighted by atomic mass is 10.1. The van der Waals surface area contributed by atoms with Gasteiger partial charge in [0.15, 0.2) is 0 Å². The highest BCUT2D eigenvalue weighted by Crippen LogP contribution is 2.22. The second-order valence-electron chi connectivity index (χ2n) is 5.47. The molecule has 7 heteroatoms. The first kappa shape index (κ1) is 22.2. The summed E-state index contributed by atoms with van der Waals surface area (Å²) in [5.41, 5.74) is 0.604. The zero-order valence-electron chi connectivity index (χ0n) is 14.8. The number of nitrogens with one attached hydrogen (secondary N) is 2. The van der Waals surface area contributed by atoms with E-state index < -0.39 is 0 Å². The Morgan fingerprint density at radius 1 is 1.29 bits per heavy atom. The Bertz CT molecular complexity index is 526. The van der Waals surface area contributed by atoms with Gasteiger partial charge in [-0.25, -0.2) is 0 Å². The van der Waals surface area contributed by atoms with Gasteiger partial charge in [0.25, 0.3) is 0 Å². The van der Waals surface area contributed by atoms with Crippen molar-refractivity contribution in [3.05, 3.63) is 24.3 Å². The maximum Gasteiger partial charge on any atom is 0.244 e. The van der Waals surface area contributed by atoms with Gasteiger partial charge in [0.2, 0.25) is 11.8 Å². The summed E-state index contributed by atoms with van der Waals surface area (Å²) in [6.45, 7) is 5.04. The molecular formula is C17H28ClN3O3. The van der Waals surface area contributed by atoms with Crippen LogP contribution in [0.15, 0.2) is 24.3 Å². The van der Waals surface area contributed by atoms with Crippen LogP contribution in [0.1, 0.15) is 20.3 Å². The number of nitrogens with zero attached hydrogens (tertiary/aromatic N) is 1. The Morgan fingerprint density at radius 2 is 1.96 bits per heavy atom. The molecule has 0 saturated carbocycles. The van der Waals surface area contributed by atoms with Gasteiger partial charge in [0, 0.05) is 19.0 Å². The van der Waals surface area contributed by atoms with Crippen molar-refractivity contribution in [1.29, 1.82) is 0 Å². The molecule has 2 N–H and O–H groups in total. The first-order chi connectivity index (χ1) is 11.0. The van der Waals surface area contributed by atoms with Crippen LogP contribution in [-0.2, 0) is 9.59 Å². The summed E-state index contributed by atoms with van der Waals surface area (Å²) in [5.74, 6) is 0.188. The van der Waals surface area contributed by atoms with Crippen LogP contribution < -0.4 is 15.4 Å². The molecule has 1 unspecified atom stereocenters. The highest BCUT2D eigenvalue weighted by atomic mass is 35.5. The number of benzene rings is 1. The van der Waals surface area contributed by atoms with E-state index in [9.17, 15) is 9.59 Å². The van der Waals surface area contributed by atoms with E-state index in [-0.39, 0.29) is 36.7 Å². The van der Waals surface area contributed by atoms with E-state index in [0.717, 1.165) is 6.42 Å². The fraction of sp³-hybridized carbons (Fsp3) is 0.529. The molecule has 0 radical (unpaired) electrons. The van der Waals surface area contributed by atoms with Crippen molar-refractivity contribution in [2.75, 3.05) is 39.1 Å². The largest absolute Gasteiger partial charge is 0.495 e. The first-order valence-corrected chi connectivity index (χ1v) is 7.89. The van der Waals surface area contributed by atoms with Gasteiger partial charge in [0.1, 0.15) is 5.75 Å². The molecule has 0 heterocycles. The number of amides is 2. The van der Waals surface area contributed by atoms with E-state index in [0.29, 0.717) is 24.5 Å². The molecule has 2 amide bonds. The van der Waals surface area contributed by atoms with Crippen molar-refractivity contribution in [3.63, 3.8) is 0 Å². The van der Waals surface area contributed by atoms with Gasteiger partial charge in [-0.15, -0.1) is 12.4 Å². The number of rotatable bonds is 9. The van der Waals surface area contributed by atoms with E-state index in [1.54, 1.807) is 24.1 Å². The lowest BCUT2D eigenvalue weighted by Gasteiger charge is -2.25. The van der Waals surface area contributed by atoms with Crippen LogP contribution >= 0.6 is 12.4 Å². The third kappa shape index (κ3) is 6.76. The second-order valence-corrected chi connectivity index (χ2v) is 5.47. The highest BCUT2D eigenvalue weighted by molar-refractivity contribution is 5.95. The molecule has 0 saturated heterocycles. The Kier molecular flexibility index (Phi) is 10.8. The summed E-state index contributed by atoms with van der Waals surface area (Å²) in [6.07, 6.45) is 0.806. The molecule has 24 heavy (non-hydrogen) atoms. The van der Waals surface area contributed by atoms with Crippen LogP contribution in [-0.4, -0.2) is 50.5 Å². The van der Waals surface area contributed by atoms with Crippen LogP contribution in [0.3, 0.4) is 0 Å². The molecule has 0 aliphatic carbocycles. The molecule has 136 valence electrons. The highest BCUT2D eigenvalue weighted by Gasteiger charge is 2.22. The van der Waals surface area contributed by atoms with Gasteiger partial charge in [0.05, 0.1) is 19.3 Å². The lowest BCUT2D eigenvalue weighted by molar-refractivity contribution is -0.137. The summed E-state index contributed by atoms with van der Waals surface area (Å²) in [7, 11) is 3.36. The Morgan fingerprint density at radius 3 is 2.54 bits per heavy atom. The first-order valence-electron chi connectivity index (χ1n) is 7.89. The van der Waals surface area contributed by atoms with Gasteiger partial charge < -0.3 is 20.3 Å². The summed E-state index contributed by atoms with van der Waals surface area (Å²) >= 11 is 0. The summed E-state index contributed by atoms with van der Waals surface area (Å²) < 4.78 is 5.21. The Hall–Kier alpha value is -1.79. The van der Waals surface area contributed by atoms with Crippen LogP contribution in [0.25, 0.3) is 0 Å². The number of anilines is 1. The topological polar surface area (TPSA) is 70.7 Å². The van der Waals surface area contributed by atoms with Crippen molar-refractivity contribution < 1.29 is 14.3 Å². The van der Waals surface area contributed by atoms with E-state index in [1.807, 2.05) is 33.0 Å². The van der Waals surface area contributed by atoms with Crippen molar-refractivity contribution in [3.8, 4) is 5.75 Å². The average Bonchev–Trinajstić information content (AvgIpc) is 2.54. The monoisotopic (exact) mass is 357 g/mol. The standard InChI is InChI=1S/C17H27N3O3.ClH/c1-5-10-20(17(22)13(2)11-18-3)12-16(21)19-14-8-6-7-9-15(14)23-4;/h6-9,13,18H,5,10-12H2,1-4H3,(H,19,21);1H. The minimum absolute atomic E-state index is 0. The number of hydrogen-bond donors (Lipinski definition) is 2. The minimum Gasteiger partial charge on any atom is -0.495 e. The SMILES string of the molecule is CCCN(CC(=O)Nc1ccccc1OC)C(=O)C(C)CNC.Cl. The maximum atomic E-state index is 12.4. The minimum atomic E-state index is -0.229. The van der Waals surface area contributed by atoms with E-state index in [2.05, 4.69) is 10.6 Å². The molecule has 1 rings (SSSR count). The molecule has 0 aromatic heterocycles. The zero-order valence-corrected chi connectivity index (χ0v) is 15.6.